The minimum atomic E-state index is -0.409. The van der Waals surface area contributed by atoms with E-state index in [-0.39, 0.29) is 5.91 Å². The number of carbonyl (C=O) groups is 1. The van der Waals surface area contributed by atoms with Gasteiger partial charge in [0.05, 0.1) is 19.3 Å². The van der Waals surface area contributed by atoms with Gasteiger partial charge in [-0.15, -0.1) is 0 Å². The Kier molecular flexibility index (Phi) is 5.01. The Morgan fingerprint density at radius 2 is 2.07 bits per heavy atom. The molecule has 1 amide bonds. The largest absolute Gasteiger partial charge is 0.379 e. The molecule has 0 aromatic carbocycles. The number of rotatable bonds is 4. The monoisotopic (exact) mass is 215 g/mol. The third kappa shape index (κ3) is 4.59. The maximum atomic E-state index is 11.6. The first-order valence-electron chi connectivity index (χ1n) is 5.48. The third-order valence-corrected chi connectivity index (χ3v) is 2.34. The van der Waals surface area contributed by atoms with E-state index in [4.69, 9.17) is 10.5 Å². The Morgan fingerprint density at radius 1 is 1.47 bits per heavy atom. The number of nitrogens with one attached hydrogen (secondary N) is 1. The molecule has 1 aliphatic rings. The van der Waals surface area contributed by atoms with E-state index in [0.29, 0.717) is 19.1 Å². The summed E-state index contributed by atoms with van der Waals surface area (Å²) in [5, 5.41) is 1.87. The minimum absolute atomic E-state index is 0.0920. The quantitative estimate of drug-likeness (QED) is 0.677. The van der Waals surface area contributed by atoms with Gasteiger partial charge >= 0.3 is 0 Å². The van der Waals surface area contributed by atoms with Crippen molar-refractivity contribution in [3.8, 4) is 0 Å². The van der Waals surface area contributed by atoms with E-state index < -0.39 is 6.04 Å². The number of morpholine rings is 1. The molecule has 0 saturated carbocycles. The molecule has 1 rings (SSSR count). The fraction of sp³-hybridized carbons (Fsp3) is 0.900. The zero-order chi connectivity index (χ0) is 11.3. The summed E-state index contributed by atoms with van der Waals surface area (Å²) in [6.45, 7) is 6.92. The smallest absolute Gasteiger partial charge is 0.251 e. The van der Waals surface area contributed by atoms with E-state index in [1.54, 1.807) is 0 Å². The minimum Gasteiger partial charge on any atom is -0.379 e. The molecule has 1 atom stereocenters. The fourth-order valence-electron chi connectivity index (χ4n) is 1.53. The molecule has 1 fully saturated rings. The number of nitrogens with two attached hydrogens (primary N) is 1. The third-order valence-electron chi connectivity index (χ3n) is 2.34. The van der Waals surface area contributed by atoms with Crippen LogP contribution in [0.2, 0.25) is 0 Å². The Labute approximate surface area is 90.9 Å². The van der Waals surface area contributed by atoms with Crippen LogP contribution < -0.4 is 11.2 Å². The highest BCUT2D eigenvalue weighted by molar-refractivity contribution is 5.80. The Hall–Kier alpha value is -0.650. The average molecular weight is 215 g/mol. The molecule has 5 heteroatoms. The van der Waals surface area contributed by atoms with E-state index >= 15 is 0 Å². The van der Waals surface area contributed by atoms with E-state index in [1.807, 2.05) is 5.01 Å². The molecule has 0 radical (unpaired) electrons. The van der Waals surface area contributed by atoms with Gasteiger partial charge in [0, 0.05) is 13.1 Å². The summed E-state index contributed by atoms with van der Waals surface area (Å²) >= 11 is 0. The van der Waals surface area contributed by atoms with Gasteiger partial charge in [0.25, 0.3) is 5.91 Å². The van der Waals surface area contributed by atoms with Crippen LogP contribution >= 0.6 is 0 Å². The number of hydrogen-bond acceptors (Lipinski definition) is 4. The normalized spacial score (nSPS) is 20.3. The molecule has 0 unspecified atom stereocenters. The molecule has 0 aromatic heterocycles. The number of amides is 1. The van der Waals surface area contributed by atoms with E-state index in [2.05, 4.69) is 19.3 Å². The van der Waals surface area contributed by atoms with Gasteiger partial charge in [-0.1, -0.05) is 13.8 Å². The van der Waals surface area contributed by atoms with Crippen LogP contribution in [0.15, 0.2) is 0 Å². The molecule has 0 spiro atoms. The highest BCUT2D eigenvalue weighted by atomic mass is 16.5. The predicted octanol–water partition coefficient (Wildman–Crippen LogP) is -0.277. The van der Waals surface area contributed by atoms with Crippen LogP contribution in [0.1, 0.15) is 20.3 Å². The van der Waals surface area contributed by atoms with Crippen LogP contribution in [0.4, 0.5) is 0 Å². The summed E-state index contributed by atoms with van der Waals surface area (Å²) in [6.07, 6.45) is 0.718. The second-order valence-electron chi connectivity index (χ2n) is 4.31. The summed E-state index contributed by atoms with van der Waals surface area (Å²) in [5.41, 5.74) is 8.58. The van der Waals surface area contributed by atoms with Crippen molar-refractivity contribution in [2.75, 3.05) is 26.3 Å². The Balaban J connectivity index is 2.27. The molecule has 0 aromatic rings. The molecule has 15 heavy (non-hydrogen) atoms. The molecule has 0 bridgehead atoms. The van der Waals surface area contributed by atoms with Gasteiger partial charge < -0.3 is 10.5 Å². The number of nitrogens with zero attached hydrogens (tertiary/aromatic N) is 1. The lowest BCUT2D eigenvalue weighted by molar-refractivity contribution is -0.129. The summed E-state index contributed by atoms with van der Waals surface area (Å²) in [7, 11) is 0. The van der Waals surface area contributed by atoms with Crippen molar-refractivity contribution in [3.63, 3.8) is 0 Å². The van der Waals surface area contributed by atoms with Crippen LogP contribution in [0.3, 0.4) is 0 Å². The van der Waals surface area contributed by atoms with Crippen LogP contribution in [-0.2, 0) is 9.53 Å². The summed E-state index contributed by atoms with van der Waals surface area (Å²) in [5.74, 6) is 0.348. The van der Waals surface area contributed by atoms with Gasteiger partial charge in [-0.05, 0) is 12.3 Å². The SMILES string of the molecule is CC(C)C[C@H](N)C(=O)NN1CCOCC1. The molecule has 5 nitrogen and oxygen atoms in total. The zero-order valence-corrected chi connectivity index (χ0v) is 9.53. The number of hydrazine groups is 1. The van der Waals surface area contributed by atoms with Gasteiger partial charge in [0.15, 0.2) is 0 Å². The molecule has 1 saturated heterocycles. The van der Waals surface area contributed by atoms with Crippen molar-refractivity contribution in [3.05, 3.63) is 0 Å². The van der Waals surface area contributed by atoms with E-state index in [0.717, 1.165) is 19.5 Å². The summed E-state index contributed by atoms with van der Waals surface area (Å²) in [4.78, 5) is 11.6. The van der Waals surface area contributed by atoms with Crippen LogP contribution in [0, 0.1) is 5.92 Å². The first-order chi connectivity index (χ1) is 7.09. The summed E-state index contributed by atoms with van der Waals surface area (Å²) < 4.78 is 5.18. The zero-order valence-electron chi connectivity index (χ0n) is 9.53. The average Bonchev–Trinajstić information content (AvgIpc) is 2.18. The molecule has 1 heterocycles. The highest BCUT2D eigenvalue weighted by Gasteiger charge is 2.18. The maximum absolute atomic E-state index is 11.6. The standard InChI is InChI=1S/C10H21N3O2/c1-8(2)7-9(11)10(14)12-13-3-5-15-6-4-13/h8-9H,3-7,11H2,1-2H3,(H,12,14)/t9-/m0/s1. The van der Waals surface area contributed by atoms with Crippen LogP contribution in [0.25, 0.3) is 0 Å². The number of carbonyl (C=O) groups excluding carboxylic acids is 1. The van der Waals surface area contributed by atoms with Crippen molar-refractivity contribution in [2.45, 2.75) is 26.3 Å². The number of hydrogen-bond donors (Lipinski definition) is 2. The lowest BCUT2D eigenvalue weighted by Gasteiger charge is -2.28. The van der Waals surface area contributed by atoms with Gasteiger partial charge in [-0.25, -0.2) is 5.01 Å². The van der Waals surface area contributed by atoms with Gasteiger partial charge in [0.1, 0.15) is 0 Å². The lowest BCUT2D eigenvalue weighted by atomic mass is 10.0. The van der Waals surface area contributed by atoms with Crippen molar-refractivity contribution < 1.29 is 9.53 Å². The van der Waals surface area contributed by atoms with Crippen molar-refractivity contribution >= 4 is 5.91 Å². The van der Waals surface area contributed by atoms with E-state index in [1.165, 1.54) is 0 Å². The van der Waals surface area contributed by atoms with Gasteiger partial charge in [0.2, 0.25) is 0 Å². The molecule has 3 N–H and O–H groups in total. The summed E-state index contributed by atoms with van der Waals surface area (Å²) in [6, 6.07) is -0.409. The van der Waals surface area contributed by atoms with Crippen molar-refractivity contribution in [2.24, 2.45) is 11.7 Å². The molecular formula is C10H21N3O2. The second-order valence-corrected chi connectivity index (χ2v) is 4.31. The second kappa shape index (κ2) is 6.05. The maximum Gasteiger partial charge on any atom is 0.251 e. The topological polar surface area (TPSA) is 67.6 Å². The molecule has 0 aliphatic carbocycles. The predicted molar refractivity (Wildman–Crippen MR) is 58.0 cm³/mol. The van der Waals surface area contributed by atoms with Gasteiger partial charge in [-0.3, -0.25) is 10.2 Å². The molecule has 88 valence electrons. The van der Waals surface area contributed by atoms with Crippen LogP contribution in [-0.4, -0.2) is 43.3 Å². The van der Waals surface area contributed by atoms with Crippen molar-refractivity contribution in [1.29, 1.82) is 0 Å². The first-order valence-corrected chi connectivity index (χ1v) is 5.48. The van der Waals surface area contributed by atoms with E-state index in [9.17, 15) is 4.79 Å². The Morgan fingerprint density at radius 3 is 2.60 bits per heavy atom. The van der Waals surface area contributed by atoms with Crippen LogP contribution in [0.5, 0.6) is 0 Å². The van der Waals surface area contributed by atoms with Gasteiger partial charge in [-0.2, -0.15) is 0 Å². The fourth-order valence-corrected chi connectivity index (χ4v) is 1.53. The van der Waals surface area contributed by atoms with Crippen molar-refractivity contribution in [1.82, 2.24) is 10.4 Å². The molecular weight excluding hydrogens is 194 g/mol. The lowest BCUT2D eigenvalue weighted by Crippen LogP contribution is -2.53. The Bertz CT molecular complexity index is 203. The first kappa shape index (κ1) is 12.4. The number of ether oxygens (including phenoxy) is 1. The highest BCUT2D eigenvalue weighted by Crippen LogP contribution is 2.03. The molecule has 1 aliphatic heterocycles.